The van der Waals surface area contributed by atoms with Crippen molar-refractivity contribution in [1.82, 2.24) is 20.2 Å². The molecule has 0 saturated heterocycles. The minimum absolute atomic E-state index is 0.0912. The minimum Gasteiger partial charge on any atom is -0.350 e. The fraction of sp³-hybridized carbons (Fsp3) is 0.0400. The van der Waals surface area contributed by atoms with Crippen LogP contribution in [0.2, 0.25) is 0 Å². The van der Waals surface area contributed by atoms with E-state index in [0.717, 1.165) is 61.8 Å². The van der Waals surface area contributed by atoms with Crippen molar-refractivity contribution in [1.29, 1.82) is 0 Å². The predicted molar refractivity (Wildman–Crippen MR) is 226 cm³/mol. The van der Waals surface area contributed by atoms with Gasteiger partial charge in [-0.2, -0.15) is 0 Å². The van der Waals surface area contributed by atoms with E-state index in [9.17, 15) is 0 Å². The Morgan fingerprint density at radius 3 is 1.78 bits per heavy atom. The molecule has 2 N–H and O–H groups in total. The SMILES string of the molecule is c1ccc(C2=NC(c3cccc(-c4cccc5c(-c6ccc(-c7nc8ccccc8n7-c7ccccc7)cc6)cccc45)c3)NC(c3ccccc3)N2)cc1. The molecule has 2 heterocycles. The highest BCUT2D eigenvalue weighted by Gasteiger charge is 2.25. The molecule has 9 aromatic rings. The minimum atomic E-state index is -0.235. The second-order valence-corrected chi connectivity index (χ2v) is 13.9. The fourth-order valence-electron chi connectivity index (χ4n) is 7.84. The zero-order valence-electron chi connectivity index (χ0n) is 30.0. The summed E-state index contributed by atoms with van der Waals surface area (Å²) in [7, 11) is 0. The van der Waals surface area contributed by atoms with Gasteiger partial charge in [0.1, 0.15) is 24.0 Å². The van der Waals surface area contributed by atoms with Gasteiger partial charge in [-0.15, -0.1) is 0 Å². The first-order valence-electron chi connectivity index (χ1n) is 18.7. The van der Waals surface area contributed by atoms with Crippen LogP contribution in [0.4, 0.5) is 0 Å². The molecule has 5 heteroatoms. The first-order chi connectivity index (χ1) is 27.3. The zero-order chi connectivity index (χ0) is 36.6. The van der Waals surface area contributed by atoms with Crippen molar-refractivity contribution in [3.63, 3.8) is 0 Å². The Morgan fingerprint density at radius 1 is 0.455 bits per heavy atom. The van der Waals surface area contributed by atoms with Crippen LogP contribution in [0.3, 0.4) is 0 Å². The van der Waals surface area contributed by atoms with Gasteiger partial charge in [0, 0.05) is 16.8 Å². The summed E-state index contributed by atoms with van der Waals surface area (Å²) in [5, 5.41) is 9.83. The zero-order valence-corrected chi connectivity index (χ0v) is 30.0. The van der Waals surface area contributed by atoms with E-state index in [2.05, 4.69) is 197 Å². The lowest BCUT2D eigenvalue weighted by Gasteiger charge is -2.32. The molecule has 1 aliphatic heterocycles. The number of aromatic nitrogens is 2. The standard InChI is InChI=1S/C50H37N5/c1-4-15-35(16-5-1)47-52-48(36-17-6-2-7-18-36)54-49(53-47)39-20-12-19-38(33-39)42-24-14-25-43-41(23-13-26-44(42)43)34-29-31-37(32-30-34)50-51-45-27-10-11-28-46(45)55(50)40-21-8-3-9-22-40/h1-33,47,49,53H,(H,52,54). The van der Waals surface area contributed by atoms with E-state index in [1.165, 1.54) is 21.9 Å². The van der Waals surface area contributed by atoms with E-state index in [0.29, 0.717) is 0 Å². The van der Waals surface area contributed by atoms with Crippen LogP contribution in [0.25, 0.3) is 61.1 Å². The number of hydrogen-bond donors (Lipinski definition) is 2. The van der Waals surface area contributed by atoms with Gasteiger partial charge in [0.15, 0.2) is 0 Å². The number of fused-ring (bicyclic) bond motifs is 2. The Hall–Kier alpha value is -7.08. The normalized spacial score (nSPS) is 15.5. The van der Waals surface area contributed by atoms with Crippen LogP contribution < -0.4 is 10.6 Å². The predicted octanol–water partition coefficient (Wildman–Crippen LogP) is 11.5. The summed E-state index contributed by atoms with van der Waals surface area (Å²) < 4.78 is 2.25. The van der Waals surface area contributed by atoms with E-state index < -0.39 is 0 Å². The Morgan fingerprint density at radius 2 is 1.04 bits per heavy atom. The molecule has 1 aromatic heterocycles. The maximum absolute atomic E-state index is 5.20. The number of nitrogens with zero attached hydrogens (tertiary/aromatic N) is 3. The van der Waals surface area contributed by atoms with Gasteiger partial charge in [0.25, 0.3) is 0 Å². The lowest BCUT2D eigenvalue weighted by atomic mass is 9.92. The summed E-state index contributed by atoms with van der Waals surface area (Å²) in [6.45, 7) is 0. The van der Waals surface area contributed by atoms with Crippen molar-refractivity contribution < 1.29 is 0 Å². The number of hydrogen-bond acceptors (Lipinski definition) is 4. The van der Waals surface area contributed by atoms with Gasteiger partial charge in [-0.05, 0) is 74.5 Å². The molecule has 8 aromatic carbocycles. The summed E-state index contributed by atoms with van der Waals surface area (Å²) in [4.78, 5) is 10.3. The Labute approximate surface area is 320 Å². The van der Waals surface area contributed by atoms with E-state index >= 15 is 0 Å². The molecule has 10 rings (SSSR count). The largest absolute Gasteiger partial charge is 0.350 e. The average molecular weight is 708 g/mol. The van der Waals surface area contributed by atoms with Crippen LogP contribution in [0.1, 0.15) is 29.0 Å². The number of nitrogens with one attached hydrogen (secondary N) is 2. The molecular weight excluding hydrogens is 671 g/mol. The van der Waals surface area contributed by atoms with Gasteiger partial charge in [-0.1, -0.05) is 170 Å². The second-order valence-electron chi connectivity index (χ2n) is 13.9. The summed E-state index contributed by atoms with van der Waals surface area (Å²) in [6, 6.07) is 70.6. The van der Waals surface area contributed by atoms with Crippen molar-refractivity contribution in [3.8, 4) is 39.3 Å². The third-order valence-electron chi connectivity index (χ3n) is 10.5. The van der Waals surface area contributed by atoms with Crippen molar-refractivity contribution in [3.05, 3.63) is 217 Å². The number of rotatable bonds is 7. The van der Waals surface area contributed by atoms with Gasteiger partial charge in [-0.25, -0.2) is 9.98 Å². The lowest BCUT2D eigenvalue weighted by Crippen LogP contribution is -2.44. The number of benzene rings is 8. The monoisotopic (exact) mass is 707 g/mol. The molecule has 0 amide bonds. The molecule has 0 spiro atoms. The Bertz CT molecular complexity index is 2810. The molecule has 55 heavy (non-hydrogen) atoms. The van der Waals surface area contributed by atoms with E-state index in [1.807, 2.05) is 18.2 Å². The third-order valence-corrected chi connectivity index (χ3v) is 10.5. The van der Waals surface area contributed by atoms with Crippen LogP contribution >= 0.6 is 0 Å². The van der Waals surface area contributed by atoms with Crippen molar-refractivity contribution in [2.24, 2.45) is 4.99 Å². The molecule has 2 atom stereocenters. The van der Waals surface area contributed by atoms with E-state index in [1.54, 1.807) is 0 Å². The van der Waals surface area contributed by atoms with Crippen LogP contribution in [-0.2, 0) is 0 Å². The highest BCUT2D eigenvalue weighted by atomic mass is 15.3. The number of para-hydroxylation sites is 3. The van der Waals surface area contributed by atoms with Gasteiger partial charge < -0.3 is 5.32 Å². The summed E-state index contributed by atoms with van der Waals surface area (Å²) in [6.07, 6.45) is -0.327. The third kappa shape index (κ3) is 6.17. The summed E-state index contributed by atoms with van der Waals surface area (Å²) in [5.74, 6) is 1.80. The van der Waals surface area contributed by atoms with Gasteiger partial charge >= 0.3 is 0 Å². The van der Waals surface area contributed by atoms with Gasteiger partial charge in [0.2, 0.25) is 0 Å². The summed E-state index contributed by atoms with van der Waals surface area (Å²) in [5.41, 5.74) is 12.3. The van der Waals surface area contributed by atoms with Crippen LogP contribution in [0, 0.1) is 0 Å². The maximum atomic E-state index is 5.20. The first-order valence-corrected chi connectivity index (χ1v) is 18.7. The van der Waals surface area contributed by atoms with Crippen molar-refractivity contribution in [2.75, 3.05) is 0 Å². The molecule has 5 nitrogen and oxygen atoms in total. The Kier molecular flexibility index (Phi) is 8.32. The molecule has 262 valence electrons. The second kappa shape index (κ2) is 14.0. The fourth-order valence-corrected chi connectivity index (χ4v) is 7.84. The molecule has 1 aliphatic rings. The Balaban J connectivity index is 1.01. The molecule has 0 aliphatic carbocycles. The quantitative estimate of drug-likeness (QED) is 0.173. The lowest BCUT2D eigenvalue weighted by molar-refractivity contribution is 0.409. The van der Waals surface area contributed by atoms with Gasteiger partial charge in [0.05, 0.1) is 11.0 Å². The molecule has 2 unspecified atom stereocenters. The van der Waals surface area contributed by atoms with Gasteiger partial charge in [-0.3, -0.25) is 9.88 Å². The topological polar surface area (TPSA) is 54.2 Å². The summed E-state index contributed by atoms with van der Waals surface area (Å²) >= 11 is 0. The van der Waals surface area contributed by atoms with Crippen LogP contribution in [-0.4, -0.2) is 15.4 Å². The van der Waals surface area contributed by atoms with Crippen LogP contribution in [0.15, 0.2) is 205 Å². The number of imidazole rings is 1. The maximum Gasteiger partial charge on any atom is 0.145 e. The molecule has 0 radical (unpaired) electrons. The number of amidine groups is 1. The highest BCUT2D eigenvalue weighted by molar-refractivity contribution is 6.04. The molecule has 0 bridgehead atoms. The molecular formula is C50H37N5. The van der Waals surface area contributed by atoms with Crippen LogP contribution in [0.5, 0.6) is 0 Å². The van der Waals surface area contributed by atoms with E-state index in [4.69, 9.17) is 9.98 Å². The molecule has 0 fully saturated rings. The highest BCUT2D eigenvalue weighted by Crippen LogP contribution is 2.37. The smallest absolute Gasteiger partial charge is 0.145 e. The number of aliphatic imine (C=N–C) groups is 1. The average Bonchev–Trinajstić information content (AvgIpc) is 3.67. The van der Waals surface area contributed by atoms with E-state index in [-0.39, 0.29) is 12.3 Å². The van der Waals surface area contributed by atoms with Crippen molar-refractivity contribution >= 4 is 27.6 Å². The molecule has 0 saturated carbocycles. The first kappa shape index (κ1) is 32.6. The van der Waals surface area contributed by atoms with Crippen molar-refractivity contribution in [2.45, 2.75) is 12.3 Å².